The molecule has 2 aliphatic carbocycles. The minimum atomic E-state index is -0.254. The fourth-order valence-electron chi connectivity index (χ4n) is 4.48. The molecule has 1 N–H and O–H groups in total. The van der Waals surface area contributed by atoms with Gasteiger partial charge in [-0.2, -0.15) is 0 Å². The summed E-state index contributed by atoms with van der Waals surface area (Å²) in [7, 11) is 0. The van der Waals surface area contributed by atoms with Gasteiger partial charge in [0, 0.05) is 35.7 Å². The zero-order valence-electron chi connectivity index (χ0n) is 15.2. The Morgan fingerprint density at radius 3 is 2.56 bits per heavy atom. The molecule has 1 saturated heterocycles. The molecule has 1 spiro atoms. The maximum atomic E-state index is 12.3. The molecule has 0 radical (unpaired) electrons. The van der Waals surface area contributed by atoms with Crippen molar-refractivity contribution >= 4 is 5.91 Å². The summed E-state index contributed by atoms with van der Waals surface area (Å²) in [6.07, 6.45) is 5.63. The molecule has 136 valence electrons. The number of pyridine rings is 1. The largest absolute Gasteiger partial charge is 0.474 e. The quantitative estimate of drug-likeness (QED) is 0.915. The van der Waals surface area contributed by atoms with E-state index in [4.69, 9.17) is 4.74 Å². The Hall–Kier alpha value is -1.62. The highest BCUT2D eigenvalue weighted by molar-refractivity contribution is 5.80. The predicted octanol–water partition coefficient (Wildman–Crippen LogP) is 2.62. The number of amides is 1. The van der Waals surface area contributed by atoms with E-state index < -0.39 is 0 Å². The average Bonchev–Trinajstić information content (AvgIpc) is 2.53. The lowest BCUT2D eigenvalue weighted by Crippen LogP contribution is -2.62. The summed E-state index contributed by atoms with van der Waals surface area (Å²) in [6.45, 7) is 5.82. The van der Waals surface area contributed by atoms with E-state index in [-0.39, 0.29) is 24.0 Å². The number of hydrogen-bond acceptors (Lipinski definition) is 4. The summed E-state index contributed by atoms with van der Waals surface area (Å²) in [4.78, 5) is 18.9. The second kappa shape index (κ2) is 6.27. The molecule has 3 fully saturated rings. The minimum absolute atomic E-state index is 0.0717. The van der Waals surface area contributed by atoms with Gasteiger partial charge in [0.25, 0.3) is 0 Å². The second-order valence-electron chi connectivity index (χ2n) is 8.41. The molecule has 2 heterocycles. The van der Waals surface area contributed by atoms with E-state index in [2.05, 4.69) is 11.1 Å². The van der Waals surface area contributed by atoms with Crippen LogP contribution in [-0.2, 0) is 4.79 Å². The Balaban J connectivity index is 1.27. The van der Waals surface area contributed by atoms with E-state index in [0.29, 0.717) is 18.3 Å². The summed E-state index contributed by atoms with van der Waals surface area (Å²) in [5.74, 6) is 1.10. The smallest absolute Gasteiger partial charge is 0.225 e. The zero-order chi connectivity index (χ0) is 17.6. The first kappa shape index (κ1) is 16.8. The third-order valence-corrected chi connectivity index (χ3v) is 6.29. The van der Waals surface area contributed by atoms with Crippen LogP contribution in [0.3, 0.4) is 0 Å². The van der Waals surface area contributed by atoms with Gasteiger partial charge in [-0.05, 0) is 58.4 Å². The molecule has 0 aromatic carbocycles. The summed E-state index contributed by atoms with van der Waals surface area (Å²) in [5, 5.41) is 9.38. The van der Waals surface area contributed by atoms with Crippen molar-refractivity contribution in [2.24, 2.45) is 11.3 Å². The van der Waals surface area contributed by atoms with Gasteiger partial charge in [0.15, 0.2) is 0 Å². The Kier molecular flexibility index (Phi) is 4.22. The molecule has 0 unspecified atom stereocenters. The van der Waals surface area contributed by atoms with Crippen LogP contribution in [0.2, 0.25) is 0 Å². The van der Waals surface area contributed by atoms with Gasteiger partial charge < -0.3 is 14.7 Å². The molecule has 1 aliphatic heterocycles. The molecule has 0 atom stereocenters. The van der Waals surface area contributed by atoms with E-state index in [1.807, 2.05) is 24.8 Å². The van der Waals surface area contributed by atoms with Crippen molar-refractivity contribution in [3.8, 4) is 5.88 Å². The molecular weight excluding hydrogens is 316 g/mol. The van der Waals surface area contributed by atoms with Crippen LogP contribution >= 0.6 is 0 Å². The van der Waals surface area contributed by atoms with E-state index in [1.165, 1.54) is 0 Å². The van der Waals surface area contributed by atoms with Crippen LogP contribution in [0.5, 0.6) is 5.88 Å². The van der Waals surface area contributed by atoms with Crippen LogP contribution in [0.25, 0.3) is 0 Å². The highest BCUT2D eigenvalue weighted by Crippen LogP contribution is 2.46. The van der Waals surface area contributed by atoms with Crippen LogP contribution < -0.4 is 4.74 Å². The molecule has 0 bridgehead atoms. The van der Waals surface area contributed by atoms with Crippen LogP contribution in [0.1, 0.15) is 49.8 Å². The number of ether oxygens (including phenoxy) is 1. The molecule has 2 saturated carbocycles. The Morgan fingerprint density at radius 2 is 1.92 bits per heavy atom. The minimum Gasteiger partial charge on any atom is -0.474 e. The molecule has 1 aromatic rings. The van der Waals surface area contributed by atoms with E-state index in [1.54, 1.807) is 0 Å². The third kappa shape index (κ3) is 3.26. The van der Waals surface area contributed by atoms with Crippen LogP contribution in [-0.4, -0.2) is 46.2 Å². The third-order valence-electron chi connectivity index (χ3n) is 6.29. The van der Waals surface area contributed by atoms with Crippen molar-refractivity contribution in [3.63, 3.8) is 0 Å². The number of aryl methyl sites for hydroxylation is 2. The van der Waals surface area contributed by atoms with Crippen molar-refractivity contribution in [2.45, 2.75) is 64.6 Å². The van der Waals surface area contributed by atoms with E-state index in [9.17, 15) is 9.90 Å². The highest BCUT2D eigenvalue weighted by atomic mass is 16.5. The predicted molar refractivity (Wildman–Crippen MR) is 94.3 cm³/mol. The Morgan fingerprint density at radius 1 is 1.24 bits per heavy atom. The maximum absolute atomic E-state index is 12.3. The summed E-state index contributed by atoms with van der Waals surface area (Å²) in [6, 6.07) is 4.08. The van der Waals surface area contributed by atoms with Gasteiger partial charge in [0.1, 0.15) is 6.10 Å². The lowest BCUT2D eigenvalue weighted by atomic mass is 9.67. The first-order valence-electron chi connectivity index (χ1n) is 9.52. The van der Waals surface area contributed by atoms with Gasteiger partial charge in [0.2, 0.25) is 11.8 Å². The zero-order valence-corrected chi connectivity index (χ0v) is 15.2. The molecule has 4 rings (SSSR count). The fraction of sp³-hybridized carbons (Fsp3) is 0.700. The normalized spacial score (nSPS) is 28.4. The first-order valence-corrected chi connectivity index (χ1v) is 9.52. The van der Waals surface area contributed by atoms with E-state index >= 15 is 0 Å². The summed E-state index contributed by atoms with van der Waals surface area (Å²) >= 11 is 0. The van der Waals surface area contributed by atoms with Gasteiger partial charge >= 0.3 is 0 Å². The molecule has 1 aromatic heterocycles. The van der Waals surface area contributed by atoms with Gasteiger partial charge in [-0.1, -0.05) is 6.07 Å². The van der Waals surface area contributed by atoms with Crippen molar-refractivity contribution in [3.05, 3.63) is 23.4 Å². The number of aromatic nitrogens is 1. The van der Waals surface area contributed by atoms with Crippen LogP contribution in [0.4, 0.5) is 0 Å². The van der Waals surface area contributed by atoms with E-state index in [0.717, 1.165) is 55.9 Å². The molecular formula is C20H28N2O3. The molecule has 25 heavy (non-hydrogen) atoms. The van der Waals surface area contributed by atoms with Gasteiger partial charge in [0.05, 0.1) is 6.10 Å². The second-order valence-corrected chi connectivity index (χ2v) is 8.41. The standard InChI is InChI=1S/C20H28N2O3/c1-13-3-4-14(2)21-18(13)25-17-5-7-20(8-6-17)11-22(12-20)19(24)15-9-16(23)10-15/h3-4,15-17,23H,5-12H2,1-2H3. The topological polar surface area (TPSA) is 62.7 Å². The number of nitrogens with zero attached hydrogens (tertiary/aromatic N) is 2. The van der Waals surface area contributed by atoms with Gasteiger partial charge in [-0.25, -0.2) is 4.98 Å². The monoisotopic (exact) mass is 344 g/mol. The van der Waals surface area contributed by atoms with Crippen LogP contribution in [0.15, 0.2) is 12.1 Å². The maximum Gasteiger partial charge on any atom is 0.225 e. The molecule has 5 heteroatoms. The Labute approximate surface area is 149 Å². The Bertz CT molecular complexity index is 653. The van der Waals surface area contributed by atoms with Gasteiger partial charge in [-0.3, -0.25) is 4.79 Å². The number of carbonyl (C=O) groups is 1. The van der Waals surface area contributed by atoms with Crippen molar-refractivity contribution in [1.29, 1.82) is 0 Å². The summed E-state index contributed by atoms with van der Waals surface area (Å²) < 4.78 is 6.16. The lowest BCUT2D eigenvalue weighted by Gasteiger charge is -2.54. The van der Waals surface area contributed by atoms with Crippen molar-refractivity contribution < 1.29 is 14.6 Å². The number of hydrogen-bond donors (Lipinski definition) is 1. The fourth-order valence-corrected chi connectivity index (χ4v) is 4.48. The van der Waals surface area contributed by atoms with Crippen LogP contribution in [0, 0.1) is 25.2 Å². The average molecular weight is 344 g/mol. The van der Waals surface area contributed by atoms with Crippen molar-refractivity contribution in [2.75, 3.05) is 13.1 Å². The highest BCUT2D eigenvalue weighted by Gasteiger charge is 2.49. The SMILES string of the molecule is Cc1ccc(C)c(OC2CCC3(CC2)CN(C(=O)C2CC(O)C2)C3)n1. The number of aliphatic hydroxyl groups excluding tert-OH is 1. The summed E-state index contributed by atoms with van der Waals surface area (Å²) in [5.41, 5.74) is 2.39. The number of aliphatic hydroxyl groups is 1. The molecule has 3 aliphatic rings. The van der Waals surface area contributed by atoms with Gasteiger partial charge in [-0.15, -0.1) is 0 Å². The molecule has 5 nitrogen and oxygen atoms in total. The number of rotatable bonds is 3. The number of carbonyl (C=O) groups excluding carboxylic acids is 1. The van der Waals surface area contributed by atoms with Crippen molar-refractivity contribution in [1.82, 2.24) is 9.88 Å². The first-order chi connectivity index (χ1) is 11.9. The number of likely N-dealkylation sites (tertiary alicyclic amines) is 1. The lowest BCUT2D eigenvalue weighted by molar-refractivity contribution is -0.158. The molecule has 1 amide bonds.